The molecule has 0 bridgehead atoms. The summed E-state index contributed by atoms with van der Waals surface area (Å²) in [6.07, 6.45) is 25.1. The summed E-state index contributed by atoms with van der Waals surface area (Å²) in [4.78, 5) is 13.3. The molecule has 0 amide bonds. The highest BCUT2D eigenvalue weighted by Crippen LogP contribution is 2.71. The van der Waals surface area contributed by atoms with Gasteiger partial charge in [-0.3, -0.25) is 4.79 Å². The van der Waals surface area contributed by atoms with Gasteiger partial charge in [0.1, 0.15) is 5.78 Å². The van der Waals surface area contributed by atoms with Crippen LogP contribution in [-0.4, -0.2) is 63.8 Å². The topological polar surface area (TPSA) is 107 Å². The maximum Gasteiger partial charge on any atom is 0.137 e. The van der Waals surface area contributed by atoms with Crippen LogP contribution in [0.5, 0.6) is 0 Å². The third kappa shape index (κ3) is 7.72. The molecule has 0 saturated heterocycles. The molecule has 0 spiro atoms. The standard InChI is InChI=1S/C22H38O2.C21H36O2.C21H34O2/c1-13-6-8-17-15-7-9-16-14(2)18(23)10-11-21(16,3)20(15)19(24-5)12-22(13,17)4;2*1-12-5-7-16-14-6-8-15-13(2)17(22)9-10-20(15,3)19(14)18(23)11-21(12,16)4/h13-20,23H,6-12H2,1-5H3;12-19,22-23H,5-11H2,1-4H3;12-17,19,22H,5-11H2,1-4H3/t13-,14+,15-,16-,17-,18+,19-,20+,21-,22+;12-,13+,14-,15-,16-,17+,18-,19+,20-,21+;12-,13+,14-,15-,16-,17+,19+,20-,21+/m000/s1. The molecule has 6 nitrogen and oxygen atoms in total. The van der Waals surface area contributed by atoms with Crippen molar-refractivity contribution in [1.29, 1.82) is 0 Å². The quantitative estimate of drug-likeness (QED) is 0.209. The molecule has 0 heterocycles. The van der Waals surface area contributed by atoms with E-state index in [1.54, 1.807) is 0 Å². The second-order valence-corrected chi connectivity index (χ2v) is 30.7. The van der Waals surface area contributed by atoms with Gasteiger partial charge < -0.3 is 25.2 Å². The molecule has 0 radical (unpaired) electrons. The van der Waals surface area contributed by atoms with Crippen LogP contribution in [0.3, 0.4) is 0 Å². The fourth-order valence-electron chi connectivity index (χ4n) is 24.1. The first-order chi connectivity index (χ1) is 32.9. The van der Waals surface area contributed by atoms with E-state index in [4.69, 9.17) is 4.74 Å². The van der Waals surface area contributed by atoms with E-state index in [-0.39, 0.29) is 46.6 Å². The molecule has 29 atom stereocenters. The van der Waals surface area contributed by atoms with Gasteiger partial charge in [0.05, 0.1) is 30.5 Å². The first kappa shape index (κ1) is 52.9. The normalized spacial score (nSPS) is 60.6. The smallest absolute Gasteiger partial charge is 0.137 e. The molecular weight excluding hydrogens is 865 g/mol. The zero-order valence-corrected chi connectivity index (χ0v) is 47.2. The first-order valence-electron chi connectivity index (χ1n) is 30.7. The maximum absolute atomic E-state index is 13.3. The van der Waals surface area contributed by atoms with Gasteiger partial charge in [-0.15, -0.1) is 0 Å². The van der Waals surface area contributed by atoms with Crippen LogP contribution in [0.15, 0.2) is 0 Å². The summed E-state index contributed by atoms with van der Waals surface area (Å²) in [5, 5.41) is 42.4. The number of ether oxygens (including phenoxy) is 1. The molecule has 0 aromatic heterocycles. The first-order valence-corrected chi connectivity index (χ1v) is 30.7. The fourth-order valence-corrected chi connectivity index (χ4v) is 24.1. The van der Waals surface area contributed by atoms with E-state index >= 15 is 0 Å². The number of aliphatic hydroxyl groups excluding tert-OH is 4. The summed E-state index contributed by atoms with van der Waals surface area (Å²) >= 11 is 0. The van der Waals surface area contributed by atoms with E-state index in [0.717, 1.165) is 86.4 Å². The Labute approximate surface area is 428 Å². The van der Waals surface area contributed by atoms with Gasteiger partial charge >= 0.3 is 0 Å². The van der Waals surface area contributed by atoms with Crippen molar-refractivity contribution in [3.63, 3.8) is 0 Å². The Morgan fingerprint density at radius 3 is 1.26 bits per heavy atom. The highest BCUT2D eigenvalue weighted by molar-refractivity contribution is 5.84. The lowest BCUT2D eigenvalue weighted by atomic mass is 9.42. The molecule has 4 N–H and O–H groups in total. The predicted molar refractivity (Wildman–Crippen MR) is 282 cm³/mol. The van der Waals surface area contributed by atoms with Gasteiger partial charge in [-0.1, -0.05) is 83.1 Å². The lowest BCUT2D eigenvalue weighted by Gasteiger charge is -2.64. The fraction of sp³-hybridized carbons (Fsp3) is 0.984. The lowest BCUT2D eigenvalue weighted by molar-refractivity contribution is -0.196. The largest absolute Gasteiger partial charge is 0.393 e. The highest BCUT2D eigenvalue weighted by Gasteiger charge is 2.67. The van der Waals surface area contributed by atoms with Crippen LogP contribution in [-0.2, 0) is 9.53 Å². The third-order valence-corrected chi connectivity index (χ3v) is 28.7. The van der Waals surface area contributed by atoms with Crippen molar-refractivity contribution in [3.8, 4) is 0 Å². The number of aliphatic hydroxyl groups is 4. The van der Waals surface area contributed by atoms with Crippen molar-refractivity contribution >= 4 is 5.78 Å². The molecule has 12 fully saturated rings. The SMILES string of the molecule is CO[C@H]1C[C@]2(C)[C@@H](C)CC[C@H]2[C@@H]2CC[C@H]3[C@@H](C)[C@H](O)CC[C@]3(C)[C@H]21.C[C@H]1[C@H](O)CC[C@@]2(C)[C@H]1CC[C@H]1[C@@H]3CC[C@H](C)[C@@]3(C)CC(=O)[C@@H]12.C[C@H]1[C@H](O)CC[C@]2(C)[C@@H]3[C@@H](CC[C@@H]12)[C@@H]1CC[C@H](C)[C@@]1(C)C[C@@H]3O. The lowest BCUT2D eigenvalue weighted by Crippen LogP contribution is -2.60. The predicted octanol–water partition coefficient (Wildman–Crippen LogP) is 13.6. The molecule has 0 unspecified atom stereocenters. The van der Waals surface area contributed by atoms with E-state index in [1.807, 2.05) is 7.11 Å². The molecule has 12 saturated carbocycles. The highest BCUT2D eigenvalue weighted by atomic mass is 16.5. The van der Waals surface area contributed by atoms with E-state index < -0.39 is 0 Å². The number of hydrogen-bond acceptors (Lipinski definition) is 6. The summed E-state index contributed by atoms with van der Waals surface area (Å²) in [5.41, 5.74) is 1.88. The summed E-state index contributed by atoms with van der Waals surface area (Å²) < 4.78 is 6.20. The molecule has 0 aromatic rings. The van der Waals surface area contributed by atoms with Gasteiger partial charge in [-0.25, -0.2) is 0 Å². The van der Waals surface area contributed by atoms with Gasteiger partial charge in [0.25, 0.3) is 0 Å². The maximum atomic E-state index is 13.3. The third-order valence-electron chi connectivity index (χ3n) is 28.7. The van der Waals surface area contributed by atoms with Crippen LogP contribution in [0.25, 0.3) is 0 Å². The van der Waals surface area contributed by atoms with Crippen molar-refractivity contribution in [2.75, 3.05) is 7.11 Å². The second-order valence-electron chi connectivity index (χ2n) is 30.7. The minimum absolute atomic E-state index is 0.0824. The van der Waals surface area contributed by atoms with Crippen molar-refractivity contribution in [2.45, 2.75) is 248 Å². The van der Waals surface area contributed by atoms with Gasteiger partial charge in [0.2, 0.25) is 0 Å². The minimum Gasteiger partial charge on any atom is -0.393 e. The molecule has 12 aliphatic carbocycles. The number of rotatable bonds is 1. The van der Waals surface area contributed by atoms with E-state index in [1.165, 1.54) is 89.9 Å². The van der Waals surface area contributed by atoms with Gasteiger partial charge in [-0.2, -0.15) is 0 Å². The Hall–Kier alpha value is -0.530. The summed E-state index contributed by atoms with van der Waals surface area (Å²) in [6, 6.07) is 0. The molecule has 0 aliphatic heterocycles. The number of methoxy groups -OCH3 is 1. The number of carbonyl (C=O) groups excluding carboxylic acids is 1. The van der Waals surface area contributed by atoms with E-state index in [0.29, 0.717) is 87.3 Å². The van der Waals surface area contributed by atoms with Crippen LogP contribution < -0.4 is 0 Å². The Balaban J connectivity index is 0.000000122. The molecule has 12 aliphatic rings. The average molecular weight is 974 g/mol. The second kappa shape index (κ2) is 18.6. The zero-order valence-electron chi connectivity index (χ0n) is 47.2. The molecule has 0 aromatic carbocycles. The molecule has 6 heteroatoms. The Bertz CT molecular complexity index is 1900. The number of Topliss-reactive ketones (excluding diaryl/α,β-unsaturated/α-hetero) is 1. The number of ketones is 1. The van der Waals surface area contributed by atoms with Gasteiger partial charge in [-0.05, 0) is 262 Å². The van der Waals surface area contributed by atoms with Crippen molar-refractivity contribution < 1.29 is 30.0 Å². The van der Waals surface area contributed by atoms with Crippen LogP contribution in [0.1, 0.15) is 218 Å². The number of carbonyl (C=O) groups is 1. The van der Waals surface area contributed by atoms with E-state index in [2.05, 4.69) is 83.1 Å². The summed E-state index contributed by atoms with van der Waals surface area (Å²) in [5.74, 6) is 12.1. The molecule has 12 rings (SSSR count). The van der Waals surface area contributed by atoms with Crippen LogP contribution in [0, 0.1) is 139 Å². The summed E-state index contributed by atoms with van der Waals surface area (Å²) in [7, 11) is 1.96. The zero-order chi connectivity index (χ0) is 50.4. The Morgan fingerprint density at radius 2 is 0.771 bits per heavy atom. The molecular formula is C64H108O6. The van der Waals surface area contributed by atoms with Gasteiger partial charge in [0, 0.05) is 19.4 Å². The van der Waals surface area contributed by atoms with Crippen molar-refractivity contribution in [3.05, 3.63) is 0 Å². The number of fused-ring (bicyclic) bond motifs is 15. The summed E-state index contributed by atoms with van der Waals surface area (Å²) in [6.45, 7) is 28.9. The average Bonchev–Trinajstić information content (AvgIpc) is 3.91. The van der Waals surface area contributed by atoms with Crippen LogP contribution in [0.4, 0.5) is 0 Å². The van der Waals surface area contributed by atoms with Crippen molar-refractivity contribution in [1.82, 2.24) is 0 Å². The molecule has 400 valence electrons. The molecule has 70 heavy (non-hydrogen) atoms. The Kier molecular flexibility index (Phi) is 14.0. The van der Waals surface area contributed by atoms with E-state index in [9.17, 15) is 25.2 Å². The van der Waals surface area contributed by atoms with Crippen LogP contribution >= 0.6 is 0 Å². The van der Waals surface area contributed by atoms with Crippen molar-refractivity contribution in [2.24, 2.45) is 139 Å². The minimum atomic E-state index is -0.153. The monoisotopic (exact) mass is 973 g/mol. The van der Waals surface area contributed by atoms with Gasteiger partial charge in [0.15, 0.2) is 0 Å². The Morgan fingerprint density at radius 1 is 0.400 bits per heavy atom. The van der Waals surface area contributed by atoms with Crippen LogP contribution in [0.2, 0.25) is 0 Å². The number of hydrogen-bond donors (Lipinski definition) is 4.